The molecule has 0 spiro atoms. The van der Waals surface area contributed by atoms with Gasteiger partial charge in [0, 0.05) is 31.2 Å². The van der Waals surface area contributed by atoms with Crippen LogP contribution in [0, 0.1) is 0 Å². The second kappa shape index (κ2) is 6.93. The fourth-order valence-corrected chi connectivity index (χ4v) is 3.19. The van der Waals surface area contributed by atoms with Crippen molar-refractivity contribution < 1.29 is 0 Å². The number of nitrogens with zero attached hydrogens (tertiary/aromatic N) is 1. The zero-order chi connectivity index (χ0) is 15.5. The molecule has 2 unspecified atom stereocenters. The molecule has 0 bridgehead atoms. The number of hydrogen-bond acceptors (Lipinski definition) is 2. The summed E-state index contributed by atoms with van der Waals surface area (Å²) in [5, 5.41) is 3.74. The summed E-state index contributed by atoms with van der Waals surface area (Å²) in [6, 6.07) is 9.87. The number of nitrogens with one attached hydrogen (secondary N) is 1. The molecule has 0 radical (unpaired) electrons. The Labute approximate surface area is 130 Å². The first-order valence-corrected chi connectivity index (χ1v) is 8.55. The van der Waals surface area contributed by atoms with Gasteiger partial charge in [-0.2, -0.15) is 0 Å². The van der Waals surface area contributed by atoms with Gasteiger partial charge in [-0.3, -0.25) is 4.90 Å². The number of benzene rings is 1. The van der Waals surface area contributed by atoms with Gasteiger partial charge in [0.15, 0.2) is 0 Å². The quantitative estimate of drug-likeness (QED) is 0.875. The molecule has 2 heteroatoms. The van der Waals surface area contributed by atoms with Crippen LogP contribution in [0.1, 0.15) is 64.5 Å². The van der Waals surface area contributed by atoms with Gasteiger partial charge in [-0.1, -0.05) is 52.0 Å². The molecule has 2 nitrogen and oxygen atoms in total. The van der Waals surface area contributed by atoms with Gasteiger partial charge in [-0.25, -0.2) is 0 Å². The molecule has 0 aromatic heterocycles. The minimum Gasteiger partial charge on any atom is -0.309 e. The van der Waals surface area contributed by atoms with E-state index in [1.54, 1.807) is 0 Å². The summed E-state index contributed by atoms with van der Waals surface area (Å²) >= 11 is 0. The summed E-state index contributed by atoms with van der Waals surface area (Å²) in [7, 11) is 0. The molecule has 2 atom stereocenters. The maximum atomic E-state index is 3.74. The summed E-state index contributed by atoms with van der Waals surface area (Å²) in [6.45, 7) is 14.8. The molecule has 0 amide bonds. The number of rotatable bonds is 5. The van der Waals surface area contributed by atoms with Crippen LogP contribution < -0.4 is 5.32 Å². The van der Waals surface area contributed by atoms with E-state index < -0.39 is 0 Å². The Bertz CT molecular complexity index is 437. The van der Waals surface area contributed by atoms with Crippen LogP contribution in [0.2, 0.25) is 0 Å². The van der Waals surface area contributed by atoms with Gasteiger partial charge in [-0.05, 0) is 36.8 Å². The van der Waals surface area contributed by atoms with Crippen molar-refractivity contribution in [3.05, 3.63) is 35.4 Å². The minimum atomic E-state index is 0.267. The lowest BCUT2D eigenvalue weighted by atomic mass is 9.92. The zero-order valence-electron chi connectivity index (χ0n) is 14.4. The first-order valence-electron chi connectivity index (χ1n) is 8.55. The monoisotopic (exact) mass is 288 g/mol. The van der Waals surface area contributed by atoms with Gasteiger partial charge in [0.2, 0.25) is 0 Å². The summed E-state index contributed by atoms with van der Waals surface area (Å²) in [4.78, 5) is 2.67. The molecule has 1 aromatic rings. The minimum absolute atomic E-state index is 0.267. The van der Waals surface area contributed by atoms with E-state index in [0.717, 1.165) is 19.6 Å². The largest absolute Gasteiger partial charge is 0.309 e. The van der Waals surface area contributed by atoms with Gasteiger partial charge in [0.1, 0.15) is 0 Å². The fourth-order valence-electron chi connectivity index (χ4n) is 3.19. The molecule has 0 aliphatic carbocycles. The molecule has 1 aliphatic heterocycles. The lowest BCUT2D eigenvalue weighted by molar-refractivity contribution is 0.0755. The van der Waals surface area contributed by atoms with E-state index in [0.29, 0.717) is 12.0 Å². The van der Waals surface area contributed by atoms with Crippen molar-refractivity contribution in [1.29, 1.82) is 0 Å². The van der Waals surface area contributed by atoms with E-state index in [1.807, 2.05) is 0 Å². The highest BCUT2D eigenvalue weighted by molar-refractivity contribution is 5.24. The van der Waals surface area contributed by atoms with Gasteiger partial charge < -0.3 is 5.32 Å². The second-order valence-electron chi connectivity index (χ2n) is 7.16. The molecule has 1 aliphatic rings. The van der Waals surface area contributed by atoms with Crippen LogP contribution >= 0.6 is 0 Å². The maximum Gasteiger partial charge on any atom is 0.0278 e. The smallest absolute Gasteiger partial charge is 0.0278 e. The summed E-state index contributed by atoms with van der Waals surface area (Å²) in [5.74, 6) is 0.616. The Balaban J connectivity index is 2.07. The molecule has 1 N–H and O–H groups in total. The first-order chi connectivity index (χ1) is 9.97. The Kier molecular flexibility index (Phi) is 5.45. The number of piperazine rings is 1. The van der Waals surface area contributed by atoms with Crippen molar-refractivity contribution in [3.8, 4) is 0 Å². The highest BCUT2D eigenvalue weighted by Crippen LogP contribution is 2.23. The molecule has 118 valence electrons. The fraction of sp³-hybridized carbons (Fsp3) is 0.684. The molecule has 0 saturated carbocycles. The van der Waals surface area contributed by atoms with Gasteiger partial charge in [-0.15, -0.1) is 0 Å². The van der Waals surface area contributed by atoms with E-state index >= 15 is 0 Å². The van der Waals surface area contributed by atoms with Crippen LogP contribution in [0.25, 0.3) is 0 Å². The average Bonchev–Trinajstić information content (AvgIpc) is 2.48. The summed E-state index contributed by atoms with van der Waals surface area (Å²) in [5.41, 5.74) is 3.14. The molecule has 1 aromatic carbocycles. The maximum absolute atomic E-state index is 3.74. The van der Waals surface area contributed by atoms with Crippen molar-refractivity contribution in [2.24, 2.45) is 0 Å². The Hall–Kier alpha value is -0.860. The molecule has 1 fully saturated rings. The van der Waals surface area contributed by atoms with Gasteiger partial charge in [0.25, 0.3) is 0 Å². The molecular weight excluding hydrogens is 256 g/mol. The van der Waals surface area contributed by atoms with E-state index in [-0.39, 0.29) is 5.54 Å². The highest BCUT2D eigenvalue weighted by atomic mass is 15.2. The third kappa shape index (κ3) is 4.08. The molecular formula is C19H32N2. The highest BCUT2D eigenvalue weighted by Gasteiger charge is 2.33. The topological polar surface area (TPSA) is 15.3 Å². The predicted octanol–water partition coefficient (Wildman–Crippen LogP) is 4.16. The lowest BCUT2D eigenvalue weighted by Gasteiger charge is -2.46. The van der Waals surface area contributed by atoms with Crippen LogP contribution in [0.15, 0.2) is 24.3 Å². The standard InChI is InChI=1S/C19H32N2/c1-6-18-12-20-19(5,7-2)14-21(18)13-16-8-10-17(11-9-16)15(3)4/h8-11,15,18,20H,6-7,12-14H2,1-5H3. The SMILES string of the molecule is CCC1CNC(C)(CC)CN1Cc1ccc(C(C)C)cc1. The third-order valence-electron chi connectivity index (χ3n) is 5.12. The third-order valence-corrected chi connectivity index (χ3v) is 5.12. The Morgan fingerprint density at radius 1 is 1.24 bits per heavy atom. The van der Waals surface area contributed by atoms with Gasteiger partial charge >= 0.3 is 0 Å². The van der Waals surface area contributed by atoms with Crippen LogP contribution in [-0.4, -0.2) is 29.6 Å². The Morgan fingerprint density at radius 3 is 2.43 bits per heavy atom. The van der Waals surface area contributed by atoms with Crippen LogP contribution in [0.3, 0.4) is 0 Å². The van der Waals surface area contributed by atoms with E-state index in [9.17, 15) is 0 Å². The van der Waals surface area contributed by atoms with Crippen molar-refractivity contribution in [2.75, 3.05) is 13.1 Å². The zero-order valence-corrected chi connectivity index (χ0v) is 14.4. The van der Waals surface area contributed by atoms with E-state index in [2.05, 4.69) is 69.1 Å². The van der Waals surface area contributed by atoms with Crippen LogP contribution in [-0.2, 0) is 6.54 Å². The average molecular weight is 288 g/mol. The van der Waals surface area contributed by atoms with Crippen molar-refractivity contribution >= 4 is 0 Å². The van der Waals surface area contributed by atoms with Crippen molar-refractivity contribution in [2.45, 2.75) is 71.5 Å². The normalized spacial score (nSPS) is 27.2. The van der Waals surface area contributed by atoms with Crippen molar-refractivity contribution in [1.82, 2.24) is 10.2 Å². The van der Waals surface area contributed by atoms with Gasteiger partial charge in [0.05, 0.1) is 0 Å². The molecule has 21 heavy (non-hydrogen) atoms. The molecule has 1 heterocycles. The Morgan fingerprint density at radius 2 is 1.90 bits per heavy atom. The van der Waals surface area contributed by atoms with Crippen molar-refractivity contribution in [3.63, 3.8) is 0 Å². The summed E-state index contributed by atoms with van der Waals surface area (Å²) in [6.07, 6.45) is 2.41. The molecule has 2 rings (SSSR count). The molecule has 1 saturated heterocycles. The van der Waals surface area contributed by atoms with Crippen LogP contribution in [0.4, 0.5) is 0 Å². The predicted molar refractivity (Wildman–Crippen MR) is 91.7 cm³/mol. The lowest BCUT2D eigenvalue weighted by Crippen LogP contribution is -2.62. The van der Waals surface area contributed by atoms with E-state index in [1.165, 1.54) is 24.0 Å². The second-order valence-corrected chi connectivity index (χ2v) is 7.16. The number of hydrogen-bond donors (Lipinski definition) is 1. The van der Waals surface area contributed by atoms with E-state index in [4.69, 9.17) is 0 Å². The van der Waals surface area contributed by atoms with Crippen LogP contribution in [0.5, 0.6) is 0 Å². The summed E-state index contributed by atoms with van der Waals surface area (Å²) < 4.78 is 0. The first kappa shape index (κ1) is 16.5.